The van der Waals surface area contributed by atoms with Crippen molar-refractivity contribution in [3.63, 3.8) is 0 Å². The number of aliphatic hydroxyl groups excluding tert-OH is 1. The van der Waals surface area contributed by atoms with Gasteiger partial charge in [-0.1, -0.05) is 25.8 Å². The number of halogens is 4. The van der Waals surface area contributed by atoms with E-state index in [1.54, 1.807) is 0 Å². The van der Waals surface area contributed by atoms with E-state index < -0.39 is 30.1 Å². The summed E-state index contributed by atoms with van der Waals surface area (Å²) in [7, 11) is 0. The van der Waals surface area contributed by atoms with Crippen LogP contribution in [0, 0.1) is 5.82 Å². The van der Waals surface area contributed by atoms with E-state index in [0.29, 0.717) is 6.42 Å². The summed E-state index contributed by atoms with van der Waals surface area (Å²) in [4.78, 5) is 0. The quantitative estimate of drug-likeness (QED) is 0.792. The van der Waals surface area contributed by atoms with Gasteiger partial charge in [-0.2, -0.15) is 0 Å². The Morgan fingerprint density at radius 1 is 1.35 bits per heavy atom. The molecule has 0 unspecified atom stereocenters. The Hall–Kier alpha value is -1.34. The summed E-state index contributed by atoms with van der Waals surface area (Å²) in [5.41, 5.74) is 5.97. The molecule has 2 atom stereocenters. The Balaban J connectivity index is 2.81. The summed E-state index contributed by atoms with van der Waals surface area (Å²) in [6, 6.07) is 2.06. The first-order valence-electron chi connectivity index (χ1n) is 6.23. The van der Waals surface area contributed by atoms with Gasteiger partial charge in [0.1, 0.15) is 0 Å². The number of benzene rings is 1. The molecule has 0 radical (unpaired) electrons. The van der Waals surface area contributed by atoms with Crippen molar-refractivity contribution in [3.05, 3.63) is 29.6 Å². The largest absolute Gasteiger partial charge is 0.573 e. The van der Waals surface area contributed by atoms with Crippen LogP contribution in [-0.4, -0.2) is 17.6 Å². The Labute approximate surface area is 114 Å². The second kappa shape index (κ2) is 6.90. The highest BCUT2D eigenvalue weighted by molar-refractivity contribution is 5.31. The zero-order valence-electron chi connectivity index (χ0n) is 11.0. The van der Waals surface area contributed by atoms with Crippen LogP contribution < -0.4 is 10.5 Å². The number of aliphatic hydroxyl groups is 1. The summed E-state index contributed by atoms with van der Waals surface area (Å²) in [6.07, 6.45) is -3.75. The highest BCUT2D eigenvalue weighted by Crippen LogP contribution is 2.28. The van der Waals surface area contributed by atoms with Gasteiger partial charge in [0.05, 0.1) is 12.1 Å². The lowest BCUT2D eigenvalue weighted by Gasteiger charge is -2.19. The highest BCUT2D eigenvalue weighted by Gasteiger charge is 2.32. The second-order valence-electron chi connectivity index (χ2n) is 4.47. The van der Waals surface area contributed by atoms with Crippen molar-refractivity contribution < 1.29 is 27.4 Å². The third-order valence-electron chi connectivity index (χ3n) is 2.83. The van der Waals surface area contributed by atoms with Crippen molar-refractivity contribution in [1.82, 2.24) is 0 Å². The molecule has 0 aliphatic carbocycles. The van der Waals surface area contributed by atoms with E-state index in [9.17, 15) is 22.7 Å². The summed E-state index contributed by atoms with van der Waals surface area (Å²) in [5.74, 6) is -2.09. The maximum Gasteiger partial charge on any atom is 0.573 e. The predicted molar refractivity (Wildman–Crippen MR) is 65.5 cm³/mol. The standard InChI is InChI=1S/C13H17F4NO2/c1-2-3-4-10(19)12(18)8-5-6-11(9(14)7-8)20-13(15,16)17/h5-7,10,12,19H,2-4,18H2,1H3/t10-,12+/m0/s1. The van der Waals surface area contributed by atoms with Crippen molar-refractivity contribution >= 4 is 0 Å². The van der Waals surface area contributed by atoms with Crippen LogP contribution in [0.2, 0.25) is 0 Å². The minimum atomic E-state index is -4.95. The maximum absolute atomic E-state index is 13.5. The number of unbranched alkanes of at least 4 members (excludes halogenated alkanes) is 1. The van der Waals surface area contributed by atoms with Crippen LogP contribution in [0.5, 0.6) is 5.75 Å². The van der Waals surface area contributed by atoms with Crippen molar-refractivity contribution in [2.45, 2.75) is 44.7 Å². The fourth-order valence-electron chi connectivity index (χ4n) is 1.75. The molecule has 0 saturated heterocycles. The fourth-order valence-corrected chi connectivity index (χ4v) is 1.75. The van der Waals surface area contributed by atoms with Crippen LogP contribution in [0.3, 0.4) is 0 Å². The molecule has 3 nitrogen and oxygen atoms in total. The van der Waals surface area contributed by atoms with Gasteiger partial charge >= 0.3 is 6.36 Å². The fraction of sp³-hybridized carbons (Fsp3) is 0.538. The Bertz CT molecular complexity index is 437. The smallest absolute Gasteiger partial charge is 0.403 e. The van der Waals surface area contributed by atoms with Gasteiger partial charge in [0, 0.05) is 0 Å². The first-order chi connectivity index (χ1) is 9.24. The minimum absolute atomic E-state index is 0.223. The molecular formula is C13H17F4NO2. The zero-order chi connectivity index (χ0) is 15.3. The lowest BCUT2D eigenvalue weighted by Crippen LogP contribution is -2.26. The van der Waals surface area contributed by atoms with Gasteiger partial charge in [-0.15, -0.1) is 13.2 Å². The molecule has 3 N–H and O–H groups in total. The summed E-state index contributed by atoms with van der Waals surface area (Å²) < 4.78 is 53.0. The average molecular weight is 295 g/mol. The number of ether oxygens (including phenoxy) is 1. The lowest BCUT2D eigenvalue weighted by molar-refractivity contribution is -0.275. The molecule has 1 aromatic carbocycles. The monoisotopic (exact) mass is 295 g/mol. The summed E-state index contributed by atoms with van der Waals surface area (Å²) in [5, 5.41) is 9.79. The molecule has 0 spiro atoms. The van der Waals surface area contributed by atoms with Crippen LogP contribution in [0.15, 0.2) is 18.2 Å². The van der Waals surface area contributed by atoms with Gasteiger partial charge in [-0.05, 0) is 24.1 Å². The van der Waals surface area contributed by atoms with Gasteiger partial charge in [0.2, 0.25) is 0 Å². The molecule has 0 fully saturated rings. The first kappa shape index (κ1) is 16.7. The van der Waals surface area contributed by atoms with Crippen molar-refractivity contribution in [1.29, 1.82) is 0 Å². The van der Waals surface area contributed by atoms with Gasteiger partial charge < -0.3 is 15.6 Å². The Kier molecular flexibility index (Phi) is 5.76. The topological polar surface area (TPSA) is 55.5 Å². The van der Waals surface area contributed by atoms with Crippen molar-refractivity contribution in [3.8, 4) is 5.75 Å². The van der Waals surface area contributed by atoms with E-state index in [-0.39, 0.29) is 5.56 Å². The Morgan fingerprint density at radius 3 is 2.50 bits per heavy atom. The second-order valence-corrected chi connectivity index (χ2v) is 4.47. The summed E-state index contributed by atoms with van der Waals surface area (Å²) >= 11 is 0. The zero-order valence-corrected chi connectivity index (χ0v) is 11.0. The molecule has 114 valence electrons. The van der Waals surface area contributed by atoms with Crippen LogP contribution in [0.25, 0.3) is 0 Å². The van der Waals surface area contributed by atoms with Crippen molar-refractivity contribution in [2.75, 3.05) is 0 Å². The number of alkyl halides is 3. The van der Waals surface area contributed by atoms with Gasteiger partial charge in [0.25, 0.3) is 0 Å². The normalized spacial score (nSPS) is 14.9. The molecule has 0 aliphatic rings. The van der Waals surface area contributed by atoms with Gasteiger partial charge in [-0.25, -0.2) is 4.39 Å². The molecule has 1 aromatic rings. The van der Waals surface area contributed by atoms with E-state index in [2.05, 4.69) is 4.74 Å². The molecular weight excluding hydrogens is 278 g/mol. The van der Waals surface area contributed by atoms with Gasteiger partial charge in [0.15, 0.2) is 11.6 Å². The molecule has 1 rings (SSSR count). The lowest BCUT2D eigenvalue weighted by atomic mass is 9.98. The predicted octanol–water partition coefficient (Wildman–Crippen LogP) is 3.28. The molecule has 0 saturated carbocycles. The Morgan fingerprint density at radius 2 is 2.00 bits per heavy atom. The number of hydrogen-bond donors (Lipinski definition) is 2. The van der Waals surface area contributed by atoms with Crippen LogP contribution in [0.1, 0.15) is 37.8 Å². The number of hydrogen-bond acceptors (Lipinski definition) is 3. The molecule has 0 amide bonds. The van der Waals surface area contributed by atoms with Crippen LogP contribution >= 0.6 is 0 Å². The number of rotatable bonds is 6. The van der Waals surface area contributed by atoms with Crippen LogP contribution in [0.4, 0.5) is 17.6 Å². The van der Waals surface area contributed by atoms with E-state index in [0.717, 1.165) is 25.0 Å². The molecule has 0 heterocycles. The highest BCUT2D eigenvalue weighted by atomic mass is 19.4. The summed E-state index contributed by atoms with van der Waals surface area (Å²) in [6.45, 7) is 1.95. The first-order valence-corrected chi connectivity index (χ1v) is 6.23. The van der Waals surface area contributed by atoms with E-state index >= 15 is 0 Å². The van der Waals surface area contributed by atoms with Gasteiger partial charge in [-0.3, -0.25) is 0 Å². The maximum atomic E-state index is 13.5. The molecule has 0 aliphatic heterocycles. The molecule has 0 aromatic heterocycles. The van der Waals surface area contributed by atoms with Crippen LogP contribution in [-0.2, 0) is 0 Å². The number of nitrogens with two attached hydrogens (primary N) is 1. The van der Waals surface area contributed by atoms with E-state index in [1.165, 1.54) is 6.07 Å². The average Bonchev–Trinajstić information content (AvgIpc) is 2.36. The SMILES string of the molecule is CCCC[C@H](O)[C@H](N)c1ccc(OC(F)(F)F)c(F)c1. The molecule has 20 heavy (non-hydrogen) atoms. The minimum Gasteiger partial charge on any atom is -0.403 e. The third kappa shape index (κ3) is 4.97. The van der Waals surface area contributed by atoms with Crippen molar-refractivity contribution in [2.24, 2.45) is 5.73 Å². The molecule has 0 bridgehead atoms. The molecule has 7 heteroatoms. The van der Waals surface area contributed by atoms with E-state index in [1.807, 2.05) is 6.92 Å². The third-order valence-corrected chi connectivity index (χ3v) is 2.83. The van der Waals surface area contributed by atoms with E-state index in [4.69, 9.17) is 5.73 Å².